The van der Waals surface area contributed by atoms with Crippen molar-refractivity contribution in [3.63, 3.8) is 0 Å². The Bertz CT molecular complexity index is 1070. The van der Waals surface area contributed by atoms with Crippen LogP contribution in [0.3, 0.4) is 0 Å². The van der Waals surface area contributed by atoms with Crippen molar-refractivity contribution in [3.8, 4) is 0 Å². The number of hydrogen-bond donors (Lipinski definition) is 1. The van der Waals surface area contributed by atoms with Crippen molar-refractivity contribution in [1.82, 2.24) is 14.8 Å². The highest BCUT2D eigenvalue weighted by Crippen LogP contribution is 2.20. The van der Waals surface area contributed by atoms with Crippen molar-refractivity contribution in [2.45, 2.75) is 18.1 Å². The first-order valence-corrected chi connectivity index (χ1v) is 10.7. The smallest absolute Gasteiger partial charge is 0.232 e. The zero-order valence-electron chi connectivity index (χ0n) is 15.8. The van der Waals surface area contributed by atoms with Crippen LogP contribution in [-0.4, -0.2) is 32.2 Å². The van der Waals surface area contributed by atoms with Crippen LogP contribution in [0.5, 0.6) is 0 Å². The van der Waals surface area contributed by atoms with Crippen LogP contribution < -0.4 is 5.32 Å². The molecule has 1 N–H and O–H groups in total. The van der Waals surface area contributed by atoms with Crippen LogP contribution in [0, 0.1) is 5.82 Å². The molecule has 3 rings (SSSR count). The zero-order valence-corrected chi connectivity index (χ0v) is 18.2. The molecular weight excluding hydrogens is 471 g/mol. The van der Waals surface area contributed by atoms with E-state index < -0.39 is 11.7 Å². The Morgan fingerprint density at radius 1 is 1.17 bits per heavy atom. The molecule has 0 unspecified atom stereocenters. The number of nitrogens with zero attached hydrogens (tertiary/aromatic N) is 3. The van der Waals surface area contributed by atoms with E-state index >= 15 is 0 Å². The number of anilines is 1. The number of para-hydroxylation sites is 1. The van der Waals surface area contributed by atoms with E-state index in [0.717, 1.165) is 4.47 Å². The fraction of sp³-hybridized carbons (Fsp3) is 0.143. The number of allylic oxidation sites excluding steroid dienone is 1. The second kappa shape index (κ2) is 10.3. The van der Waals surface area contributed by atoms with Crippen LogP contribution in [0.1, 0.15) is 16.2 Å². The number of thioether (sulfide) groups is 1. The summed E-state index contributed by atoms with van der Waals surface area (Å²) < 4.78 is 16.3. The molecule has 30 heavy (non-hydrogen) atoms. The minimum atomic E-state index is -0.513. The summed E-state index contributed by atoms with van der Waals surface area (Å²) in [5.74, 6) is -0.388. The molecule has 1 heterocycles. The normalized spacial score (nSPS) is 10.6. The van der Waals surface area contributed by atoms with E-state index in [1.807, 2.05) is 12.1 Å². The van der Waals surface area contributed by atoms with E-state index in [9.17, 15) is 14.0 Å². The lowest BCUT2D eigenvalue weighted by atomic mass is 10.2. The Kier molecular flexibility index (Phi) is 7.53. The van der Waals surface area contributed by atoms with Crippen LogP contribution >= 0.6 is 27.7 Å². The third-order valence-corrected chi connectivity index (χ3v) is 5.57. The Balaban J connectivity index is 1.67. The molecule has 0 radical (unpaired) electrons. The van der Waals surface area contributed by atoms with Crippen LogP contribution in [-0.2, 0) is 17.8 Å². The number of Topliss-reactive ketones (excluding diaryl/α,β-unsaturated/α-hetero) is 1. The molecular formula is C21H18BrFN4O2S. The van der Waals surface area contributed by atoms with Gasteiger partial charge in [-0.15, -0.1) is 16.8 Å². The van der Waals surface area contributed by atoms with Crippen LogP contribution in [0.25, 0.3) is 0 Å². The Hall–Kier alpha value is -2.78. The average molecular weight is 489 g/mol. The van der Waals surface area contributed by atoms with E-state index in [0.29, 0.717) is 23.1 Å². The molecule has 0 fully saturated rings. The summed E-state index contributed by atoms with van der Waals surface area (Å²) >= 11 is 4.58. The zero-order chi connectivity index (χ0) is 21.5. The van der Waals surface area contributed by atoms with Gasteiger partial charge in [0.25, 0.3) is 0 Å². The molecule has 1 aromatic heterocycles. The fourth-order valence-corrected chi connectivity index (χ4v) is 3.74. The molecule has 3 aromatic rings. The number of hydrogen-bond acceptors (Lipinski definition) is 5. The summed E-state index contributed by atoms with van der Waals surface area (Å²) in [4.78, 5) is 24.7. The van der Waals surface area contributed by atoms with Gasteiger partial charge in [0, 0.05) is 16.6 Å². The van der Waals surface area contributed by atoms with E-state index in [-0.39, 0.29) is 23.6 Å². The molecule has 0 spiro atoms. The maximum atomic E-state index is 13.7. The summed E-state index contributed by atoms with van der Waals surface area (Å²) in [6.45, 7) is 4.10. The molecule has 0 aliphatic carbocycles. The number of carbonyl (C=O) groups excluding carboxylic acids is 2. The second-order valence-electron chi connectivity index (χ2n) is 6.22. The molecule has 0 saturated heterocycles. The van der Waals surface area contributed by atoms with Gasteiger partial charge < -0.3 is 9.88 Å². The number of nitrogens with one attached hydrogen (secondary N) is 1. The first kappa shape index (κ1) is 21.9. The predicted molar refractivity (Wildman–Crippen MR) is 118 cm³/mol. The molecule has 9 heteroatoms. The summed E-state index contributed by atoms with van der Waals surface area (Å²) in [5, 5.41) is 11.2. The van der Waals surface area contributed by atoms with Crippen LogP contribution in [0.4, 0.5) is 10.1 Å². The van der Waals surface area contributed by atoms with Gasteiger partial charge in [-0.3, -0.25) is 9.59 Å². The van der Waals surface area contributed by atoms with Crippen LogP contribution in [0.2, 0.25) is 0 Å². The maximum Gasteiger partial charge on any atom is 0.232 e. The first-order chi connectivity index (χ1) is 14.5. The monoisotopic (exact) mass is 488 g/mol. The Morgan fingerprint density at radius 3 is 2.60 bits per heavy atom. The van der Waals surface area contributed by atoms with Crippen molar-refractivity contribution in [2.75, 3.05) is 11.1 Å². The molecule has 154 valence electrons. The maximum absolute atomic E-state index is 13.7. The summed E-state index contributed by atoms with van der Waals surface area (Å²) in [6.07, 6.45) is 1.57. The van der Waals surface area contributed by atoms with Gasteiger partial charge in [-0.1, -0.05) is 58.0 Å². The molecule has 0 atom stereocenters. The summed E-state index contributed by atoms with van der Waals surface area (Å²) in [6, 6.07) is 13.1. The lowest BCUT2D eigenvalue weighted by Gasteiger charge is -2.09. The number of carbonyl (C=O) groups is 2. The number of amides is 1. The number of halogens is 2. The van der Waals surface area contributed by atoms with E-state index in [2.05, 4.69) is 38.0 Å². The Morgan fingerprint density at radius 2 is 1.90 bits per heavy atom. The highest BCUT2D eigenvalue weighted by molar-refractivity contribution is 9.10. The molecule has 0 aliphatic rings. The van der Waals surface area contributed by atoms with Gasteiger partial charge in [0.05, 0.1) is 17.9 Å². The van der Waals surface area contributed by atoms with Crippen molar-refractivity contribution in [1.29, 1.82) is 0 Å². The molecule has 1 amide bonds. The van der Waals surface area contributed by atoms with E-state index in [1.165, 1.54) is 23.9 Å². The standard InChI is InChI=1S/C21H18BrFN4O2S/c1-2-11-27-19(12-20(29)24-17-6-4-3-5-16(17)23)25-26-21(27)30-13-18(28)14-7-9-15(22)10-8-14/h2-10H,1,11-13H2,(H,24,29). The van der Waals surface area contributed by atoms with Crippen molar-refractivity contribution in [2.24, 2.45) is 0 Å². The van der Waals surface area contributed by atoms with E-state index in [4.69, 9.17) is 0 Å². The molecule has 6 nitrogen and oxygen atoms in total. The average Bonchev–Trinajstić information content (AvgIpc) is 3.10. The van der Waals surface area contributed by atoms with Gasteiger partial charge in [0.15, 0.2) is 10.9 Å². The Labute approximate surface area is 185 Å². The van der Waals surface area contributed by atoms with Gasteiger partial charge in [0.1, 0.15) is 11.6 Å². The number of rotatable bonds is 9. The summed E-state index contributed by atoms with van der Waals surface area (Å²) in [5.41, 5.74) is 0.706. The molecule has 0 bridgehead atoms. The van der Waals surface area contributed by atoms with Gasteiger partial charge in [-0.05, 0) is 24.3 Å². The highest BCUT2D eigenvalue weighted by Gasteiger charge is 2.17. The number of benzene rings is 2. The SMILES string of the molecule is C=CCn1c(CC(=O)Nc2ccccc2F)nnc1SCC(=O)c1ccc(Br)cc1. The second-order valence-corrected chi connectivity index (χ2v) is 8.08. The third-order valence-electron chi connectivity index (χ3n) is 4.07. The fourth-order valence-electron chi connectivity index (χ4n) is 2.62. The largest absolute Gasteiger partial charge is 0.323 e. The molecule has 0 saturated carbocycles. The van der Waals surface area contributed by atoms with Crippen LogP contribution in [0.15, 0.2) is 70.8 Å². The molecule has 2 aromatic carbocycles. The molecule has 0 aliphatic heterocycles. The van der Waals surface area contributed by atoms with E-state index in [1.54, 1.807) is 34.9 Å². The quantitative estimate of drug-likeness (QED) is 0.272. The van der Waals surface area contributed by atoms with Crippen molar-refractivity contribution >= 4 is 45.1 Å². The first-order valence-electron chi connectivity index (χ1n) is 8.97. The topological polar surface area (TPSA) is 76.9 Å². The van der Waals surface area contributed by atoms with Gasteiger partial charge in [-0.25, -0.2) is 4.39 Å². The predicted octanol–water partition coefficient (Wildman–Crippen LogP) is 4.52. The third kappa shape index (κ3) is 5.64. The van der Waals surface area contributed by atoms with Gasteiger partial charge in [0.2, 0.25) is 5.91 Å². The summed E-state index contributed by atoms with van der Waals surface area (Å²) in [7, 11) is 0. The number of ketones is 1. The lowest BCUT2D eigenvalue weighted by molar-refractivity contribution is -0.115. The minimum Gasteiger partial charge on any atom is -0.323 e. The van der Waals surface area contributed by atoms with Gasteiger partial charge in [-0.2, -0.15) is 0 Å². The highest BCUT2D eigenvalue weighted by atomic mass is 79.9. The number of aromatic nitrogens is 3. The minimum absolute atomic E-state index is 0.0421. The van der Waals surface area contributed by atoms with Gasteiger partial charge >= 0.3 is 0 Å². The van der Waals surface area contributed by atoms with Crippen molar-refractivity contribution < 1.29 is 14.0 Å². The lowest BCUT2D eigenvalue weighted by Crippen LogP contribution is -2.18. The van der Waals surface area contributed by atoms with Crippen molar-refractivity contribution in [3.05, 3.63) is 82.9 Å².